The van der Waals surface area contributed by atoms with Crippen molar-refractivity contribution in [1.82, 2.24) is 5.32 Å². The van der Waals surface area contributed by atoms with Crippen LogP contribution in [0.2, 0.25) is 0 Å². The molecule has 0 atom stereocenters. The maximum atomic E-state index is 12.9. The van der Waals surface area contributed by atoms with Crippen LogP contribution in [0.25, 0.3) is 0 Å². The number of benzene rings is 1. The van der Waals surface area contributed by atoms with Crippen molar-refractivity contribution in [3.8, 4) is 0 Å². The Balaban J connectivity index is 2.79. The predicted molar refractivity (Wildman–Crippen MR) is 50.7 cm³/mol. The third-order valence-corrected chi connectivity index (χ3v) is 1.89. The number of alkyl halides is 3. The molecule has 1 aromatic rings. The Kier molecular flexibility index (Phi) is 4.06. The van der Waals surface area contributed by atoms with E-state index in [4.69, 9.17) is 5.11 Å². The Hall–Kier alpha value is -1.63. The first-order valence-electron chi connectivity index (χ1n) is 4.58. The summed E-state index contributed by atoms with van der Waals surface area (Å²) in [5.41, 5.74) is -1.05. The van der Waals surface area contributed by atoms with Crippen LogP contribution in [0, 0.1) is 5.82 Å². The molecule has 0 fully saturated rings. The number of nitrogens with one attached hydrogen (secondary N) is 1. The highest BCUT2D eigenvalue weighted by Gasteiger charge is 2.31. The second kappa shape index (κ2) is 5.13. The van der Waals surface area contributed by atoms with E-state index in [-0.39, 0.29) is 12.1 Å². The van der Waals surface area contributed by atoms with Gasteiger partial charge in [0.1, 0.15) is 5.82 Å². The second-order valence-corrected chi connectivity index (χ2v) is 3.34. The van der Waals surface area contributed by atoms with Crippen molar-refractivity contribution in [3.63, 3.8) is 0 Å². The number of carboxylic acid groups (broad SMARTS) is 1. The van der Waals surface area contributed by atoms with Crippen molar-refractivity contribution >= 4 is 5.97 Å². The van der Waals surface area contributed by atoms with Gasteiger partial charge in [-0.1, -0.05) is 0 Å². The molecule has 7 heteroatoms. The molecule has 2 N–H and O–H groups in total. The summed E-state index contributed by atoms with van der Waals surface area (Å²) in [6.07, 6.45) is -4.62. The average Bonchev–Trinajstić information content (AvgIpc) is 2.14. The fraction of sp³-hybridized carbons (Fsp3) is 0.300. The number of rotatable bonds is 4. The van der Waals surface area contributed by atoms with Gasteiger partial charge in [0.25, 0.3) is 0 Å². The quantitative estimate of drug-likeness (QED) is 0.805. The van der Waals surface area contributed by atoms with E-state index in [9.17, 15) is 22.4 Å². The van der Waals surface area contributed by atoms with Crippen molar-refractivity contribution in [2.45, 2.75) is 12.7 Å². The summed E-state index contributed by atoms with van der Waals surface area (Å²) in [6.45, 7) is -0.551. The van der Waals surface area contributed by atoms with Crippen molar-refractivity contribution in [2.24, 2.45) is 0 Å². The van der Waals surface area contributed by atoms with Crippen LogP contribution in [0.15, 0.2) is 18.2 Å². The minimum atomic E-state index is -4.62. The molecule has 94 valence electrons. The highest BCUT2D eigenvalue weighted by atomic mass is 19.4. The van der Waals surface area contributed by atoms with Crippen LogP contribution in [-0.2, 0) is 17.5 Å². The molecule has 0 aliphatic rings. The molecule has 0 spiro atoms. The van der Waals surface area contributed by atoms with Gasteiger partial charge >= 0.3 is 12.1 Å². The van der Waals surface area contributed by atoms with Gasteiger partial charge in [0, 0.05) is 6.54 Å². The van der Waals surface area contributed by atoms with E-state index in [0.29, 0.717) is 6.07 Å². The summed E-state index contributed by atoms with van der Waals surface area (Å²) in [6, 6.07) is 2.09. The second-order valence-electron chi connectivity index (χ2n) is 3.34. The molecule has 3 nitrogen and oxygen atoms in total. The highest BCUT2D eigenvalue weighted by molar-refractivity contribution is 5.68. The largest absolute Gasteiger partial charge is 0.480 e. The molecule has 0 aliphatic heterocycles. The summed E-state index contributed by atoms with van der Waals surface area (Å²) in [5, 5.41) is 10.7. The van der Waals surface area contributed by atoms with E-state index in [0.717, 1.165) is 12.1 Å². The minimum absolute atomic E-state index is 0.0403. The standard InChI is InChI=1S/C10H9F4NO2/c11-8-2-6(4-15-5-9(16)17)1-7(3-8)10(12,13)14/h1-3,15H,4-5H2,(H,16,17). The summed E-state index contributed by atoms with van der Waals surface area (Å²) in [4.78, 5) is 10.2. The number of aliphatic carboxylic acids is 1. The van der Waals surface area contributed by atoms with Crippen LogP contribution < -0.4 is 5.32 Å². The molecular weight excluding hydrogens is 242 g/mol. The van der Waals surface area contributed by atoms with Crippen LogP contribution >= 0.6 is 0 Å². The molecule has 1 rings (SSSR count). The van der Waals surface area contributed by atoms with Crippen LogP contribution in [0.1, 0.15) is 11.1 Å². The van der Waals surface area contributed by atoms with E-state index in [1.54, 1.807) is 0 Å². The lowest BCUT2D eigenvalue weighted by Crippen LogP contribution is -2.22. The lowest BCUT2D eigenvalue weighted by Gasteiger charge is -2.09. The smallest absolute Gasteiger partial charge is 0.416 e. The molecule has 17 heavy (non-hydrogen) atoms. The molecule has 0 radical (unpaired) electrons. The first-order chi connectivity index (χ1) is 7.79. The van der Waals surface area contributed by atoms with Gasteiger partial charge in [-0.05, 0) is 23.8 Å². The van der Waals surface area contributed by atoms with Gasteiger partial charge in [-0.3, -0.25) is 4.79 Å². The average molecular weight is 251 g/mol. The van der Waals surface area contributed by atoms with Crippen molar-refractivity contribution < 1.29 is 27.5 Å². The number of hydrogen-bond donors (Lipinski definition) is 2. The van der Waals surface area contributed by atoms with E-state index < -0.39 is 30.1 Å². The van der Waals surface area contributed by atoms with Gasteiger partial charge in [0.05, 0.1) is 12.1 Å². The van der Waals surface area contributed by atoms with Crippen molar-refractivity contribution in [2.75, 3.05) is 6.54 Å². The maximum Gasteiger partial charge on any atom is 0.416 e. The van der Waals surface area contributed by atoms with E-state index in [2.05, 4.69) is 5.32 Å². The summed E-state index contributed by atoms with van der Waals surface area (Å²) < 4.78 is 49.9. The zero-order valence-electron chi connectivity index (χ0n) is 8.51. The Morgan fingerprint density at radius 3 is 2.47 bits per heavy atom. The fourth-order valence-corrected chi connectivity index (χ4v) is 1.23. The van der Waals surface area contributed by atoms with Crippen LogP contribution in [0.4, 0.5) is 17.6 Å². The SMILES string of the molecule is O=C(O)CNCc1cc(F)cc(C(F)(F)F)c1. The van der Waals surface area contributed by atoms with Crippen LogP contribution in [-0.4, -0.2) is 17.6 Å². The third-order valence-electron chi connectivity index (χ3n) is 1.89. The lowest BCUT2D eigenvalue weighted by molar-refractivity contribution is -0.138. The normalized spacial score (nSPS) is 11.5. The molecule has 1 aromatic carbocycles. The predicted octanol–water partition coefficient (Wildman–Crippen LogP) is 2.02. The summed E-state index contributed by atoms with van der Waals surface area (Å²) in [7, 11) is 0. The van der Waals surface area contributed by atoms with Crippen molar-refractivity contribution in [1.29, 1.82) is 0 Å². The number of carbonyl (C=O) groups is 1. The van der Waals surface area contributed by atoms with Gasteiger partial charge < -0.3 is 10.4 Å². The van der Waals surface area contributed by atoms with Gasteiger partial charge in [0.2, 0.25) is 0 Å². The Bertz CT molecular complexity index is 417. The molecule has 0 saturated heterocycles. The van der Waals surface area contributed by atoms with Crippen LogP contribution in [0.3, 0.4) is 0 Å². The summed E-state index contributed by atoms with van der Waals surface area (Å²) >= 11 is 0. The molecule has 0 heterocycles. The first kappa shape index (κ1) is 13.4. The van der Waals surface area contributed by atoms with Gasteiger partial charge in [-0.2, -0.15) is 13.2 Å². The number of hydrogen-bond acceptors (Lipinski definition) is 2. The van der Waals surface area contributed by atoms with Crippen LogP contribution in [0.5, 0.6) is 0 Å². The van der Waals surface area contributed by atoms with E-state index in [1.165, 1.54) is 0 Å². The zero-order chi connectivity index (χ0) is 13.1. The molecule has 0 aromatic heterocycles. The maximum absolute atomic E-state index is 12.9. The minimum Gasteiger partial charge on any atom is -0.480 e. The molecule has 0 aliphatic carbocycles. The van der Waals surface area contributed by atoms with Gasteiger partial charge in [-0.15, -0.1) is 0 Å². The number of carboxylic acids is 1. The summed E-state index contributed by atoms with van der Waals surface area (Å²) in [5.74, 6) is -2.15. The Morgan fingerprint density at radius 1 is 1.29 bits per heavy atom. The molecular formula is C10H9F4NO2. The highest BCUT2D eigenvalue weighted by Crippen LogP contribution is 2.30. The Labute approximate surface area is 94.1 Å². The zero-order valence-corrected chi connectivity index (χ0v) is 8.51. The Morgan fingerprint density at radius 2 is 1.94 bits per heavy atom. The molecule has 0 bridgehead atoms. The van der Waals surface area contributed by atoms with Gasteiger partial charge in [0.15, 0.2) is 0 Å². The molecule has 0 unspecified atom stereocenters. The monoisotopic (exact) mass is 251 g/mol. The van der Waals surface area contributed by atoms with E-state index >= 15 is 0 Å². The lowest BCUT2D eigenvalue weighted by atomic mass is 10.1. The van der Waals surface area contributed by atoms with Gasteiger partial charge in [-0.25, -0.2) is 4.39 Å². The fourth-order valence-electron chi connectivity index (χ4n) is 1.23. The topological polar surface area (TPSA) is 49.3 Å². The number of halogens is 4. The third kappa shape index (κ3) is 4.39. The van der Waals surface area contributed by atoms with E-state index in [1.807, 2.05) is 0 Å². The molecule has 0 amide bonds. The van der Waals surface area contributed by atoms with Crippen molar-refractivity contribution in [3.05, 3.63) is 35.1 Å². The molecule has 0 saturated carbocycles. The first-order valence-corrected chi connectivity index (χ1v) is 4.58.